The molecule has 122 valence electrons. The number of carbonyl (C=O) groups excluding carboxylic acids is 1. The van der Waals surface area contributed by atoms with Gasteiger partial charge in [-0.15, -0.1) is 11.3 Å². The van der Waals surface area contributed by atoms with Crippen LogP contribution in [-0.4, -0.2) is 22.4 Å². The number of rotatable bonds is 5. The summed E-state index contributed by atoms with van der Waals surface area (Å²) >= 11 is 2.94. The van der Waals surface area contributed by atoms with Crippen LogP contribution in [0.1, 0.15) is 12.5 Å². The van der Waals surface area contributed by atoms with Crippen molar-refractivity contribution in [1.82, 2.24) is 10.4 Å². The first-order chi connectivity index (χ1) is 11.6. The standard InChI is InChI=1S/C17H14FN3OS2/c1-11(12-6-8-13(18)9-7-12)20-21-16(22)10-23-17-19-14-4-2-3-5-15(14)24-17/h2-9H,10H2,1H3,(H,21,22). The molecule has 0 aliphatic carbocycles. The van der Waals surface area contributed by atoms with Crippen LogP contribution in [0.5, 0.6) is 0 Å². The van der Waals surface area contributed by atoms with Gasteiger partial charge in [-0.3, -0.25) is 4.79 Å². The van der Waals surface area contributed by atoms with E-state index in [-0.39, 0.29) is 17.5 Å². The van der Waals surface area contributed by atoms with Gasteiger partial charge in [0.05, 0.1) is 21.7 Å². The lowest BCUT2D eigenvalue weighted by atomic mass is 10.1. The Hall–Kier alpha value is -2.25. The molecule has 0 atom stereocenters. The third-order valence-electron chi connectivity index (χ3n) is 3.21. The van der Waals surface area contributed by atoms with Gasteiger partial charge in [0.15, 0.2) is 4.34 Å². The van der Waals surface area contributed by atoms with Crippen LogP contribution >= 0.6 is 23.1 Å². The van der Waals surface area contributed by atoms with Crippen molar-refractivity contribution in [3.8, 4) is 0 Å². The van der Waals surface area contributed by atoms with Crippen LogP contribution in [0, 0.1) is 5.82 Å². The molecule has 3 aromatic rings. The smallest absolute Gasteiger partial charge is 0.250 e. The number of carbonyl (C=O) groups is 1. The van der Waals surface area contributed by atoms with Crippen molar-refractivity contribution in [3.63, 3.8) is 0 Å². The maximum absolute atomic E-state index is 12.9. The van der Waals surface area contributed by atoms with E-state index in [9.17, 15) is 9.18 Å². The summed E-state index contributed by atoms with van der Waals surface area (Å²) in [5, 5.41) is 4.04. The Kier molecular flexibility index (Phi) is 5.22. The first kappa shape index (κ1) is 16.6. The predicted molar refractivity (Wildman–Crippen MR) is 97.1 cm³/mol. The Balaban J connectivity index is 1.55. The van der Waals surface area contributed by atoms with E-state index in [1.807, 2.05) is 24.3 Å². The third kappa shape index (κ3) is 4.18. The average molecular weight is 359 g/mol. The van der Waals surface area contributed by atoms with E-state index in [1.165, 1.54) is 23.9 Å². The zero-order valence-electron chi connectivity index (χ0n) is 12.8. The van der Waals surface area contributed by atoms with Crippen molar-refractivity contribution in [1.29, 1.82) is 0 Å². The molecule has 0 aliphatic heterocycles. The minimum atomic E-state index is -0.303. The van der Waals surface area contributed by atoms with Gasteiger partial charge in [-0.1, -0.05) is 36.0 Å². The van der Waals surface area contributed by atoms with Gasteiger partial charge in [0, 0.05) is 0 Å². The number of thioether (sulfide) groups is 1. The Bertz CT molecular complexity index is 857. The number of hydrogen-bond acceptors (Lipinski definition) is 5. The number of thiazole rings is 1. The van der Waals surface area contributed by atoms with Crippen molar-refractivity contribution < 1.29 is 9.18 Å². The SMILES string of the molecule is CC(=NNC(=O)CSc1nc2ccccc2s1)c1ccc(F)cc1. The maximum Gasteiger partial charge on any atom is 0.250 e. The van der Waals surface area contributed by atoms with Crippen LogP contribution in [0.3, 0.4) is 0 Å². The van der Waals surface area contributed by atoms with E-state index >= 15 is 0 Å². The number of aromatic nitrogens is 1. The lowest BCUT2D eigenvalue weighted by Gasteiger charge is -2.02. The number of benzene rings is 2. The van der Waals surface area contributed by atoms with Gasteiger partial charge in [0.25, 0.3) is 5.91 Å². The largest absolute Gasteiger partial charge is 0.272 e. The molecular formula is C17H14FN3OS2. The summed E-state index contributed by atoms with van der Waals surface area (Å²) in [7, 11) is 0. The molecule has 0 unspecified atom stereocenters. The molecule has 4 nitrogen and oxygen atoms in total. The van der Waals surface area contributed by atoms with Crippen molar-refractivity contribution in [2.75, 3.05) is 5.75 Å². The zero-order valence-corrected chi connectivity index (χ0v) is 14.5. The Labute approximate surface area is 146 Å². The molecule has 7 heteroatoms. The van der Waals surface area contributed by atoms with Crippen LogP contribution in [0.2, 0.25) is 0 Å². The fraction of sp³-hybridized carbons (Fsp3) is 0.118. The molecule has 2 aromatic carbocycles. The lowest BCUT2D eigenvalue weighted by Crippen LogP contribution is -2.21. The van der Waals surface area contributed by atoms with Crippen LogP contribution in [-0.2, 0) is 4.79 Å². The highest BCUT2D eigenvalue weighted by atomic mass is 32.2. The van der Waals surface area contributed by atoms with E-state index in [1.54, 1.807) is 30.4 Å². The van der Waals surface area contributed by atoms with E-state index in [2.05, 4.69) is 15.5 Å². The summed E-state index contributed by atoms with van der Waals surface area (Å²) in [6.45, 7) is 1.76. The van der Waals surface area contributed by atoms with Gasteiger partial charge < -0.3 is 0 Å². The van der Waals surface area contributed by atoms with Crippen LogP contribution in [0.4, 0.5) is 4.39 Å². The number of hydrazone groups is 1. The second-order valence-corrected chi connectivity index (χ2v) is 7.23. The number of nitrogens with one attached hydrogen (secondary N) is 1. The molecule has 1 N–H and O–H groups in total. The maximum atomic E-state index is 12.9. The van der Waals surface area contributed by atoms with Crippen LogP contribution in [0.25, 0.3) is 10.2 Å². The molecule has 0 saturated heterocycles. The fourth-order valence-corrected chi connectivity index (χ4v) is 3.84. The van der Waals surface area contributed by atoms with Gasteiger partial charge in [-0.25, -0.2) is 14.8 Å². The second kappa shape index (κ2) is 7.55. The molecule has 24 heavy (non-hydrogen) atoms. The predicted octanol–water partition coefficient (Wildman–Crippen LogP) is 4.07. The number of nitrogens with zero attached hydrogens (tertiary/aromatic N) is 2. The topological polar surface area (TPSA) is 54.4 Å². The van der Waals surface area contributed by atoms with Crippen LogP contribution in [0.15, 0.2) is 58.0 Å². The summed E-state index contributed by atoms with van der Waals surface area (Å²) in [5.41, 5.74) is 4.83. The third-order valence-corrected chi connectivity index (χ3v) is 5.39. The number of hydrogen-bond donors (Lipinski definition) is 1. The zero-order chi connectivity index (χ0) is 16.9. The molecule has 1 heterocycles. The molecular weight excluding hydrogens is 345 g/mol. The van der Waals surface area contributed by atoms with Gasteiger partial charge in [0.2, 0.25) is 0 Å². The Morgan fingerprint density at radius 3 is 2.75 bits per heavy atom. The summed E-state index contributed by atoms with van der Waals surface area (Å²) in [6, 6.07) is 13.8. The number of halogens is 1. The normalized spacial score (nSPS) is 11.7. The van der Waals surface area contributed by atoms with Crippen molar-refractivity contribution in [3.05, 3.63) is 59.9 Å². The highest BCUT2D eigenvalue weighted by molar-refractivity contribution is 8.01. The molecule has 0 radical (unpaired) electrons. The molecule has 0 aliphatic rings. The number of para-hydroxylation sites is 1. The summed E-state index contributed by atoms with van der Waals surface area (Å²) in [5.74, 6) is -0.274. The van der Waals surface area contributed by atoms with E-state index < -0.39 is 0 Å². The average Bonchev–Trinajstić information content (AvgIpc) is 3.01. The fourth-order valence-electron chi connectivity index (χ4n) is 1.97. The molecule has 0 spiro atoms. The summed E-state index contributed by atoms with van der Waals surface area (Å²) < 4.78 is 14.8. The molecule has 1 aromatic heterocycles. The summed E-state index contributed by atoms with van der Waals surface area (Å²) in [4.78, 5) is 16.4. The monoisotopic (exact) mass is 359 g/mol. The molecule has 0 saturated carbocycles. The summed E-state index contributed by atoms with van der Waals surface area (Å²) in [6.07, 6.45) is 0. The van der Waals surface area contributed by atoms with Crippen LogP contribution < -0.4 is 5.43 Å². The number of amides is 1. The van der Waals surface area contributed by atoms with E-state index in [0.29, 0.717) is 5.71 Å². The highest BCUT2D eigenvalue weighted by Crippen LogP contribution is 2.28. The minimum Gasteiger partial charge on any atom is -0.272 e. The first-order valence-corrected chi connectivity index (χ1v) is 8.99. The quantitative estimate of drug-likeness (QED) is 0.424. The molecule has 3 rings (SSSR count). The molecule has 0 bridgehead atoms. The van der Waals surface area contributed by atoms with E-state index in [0.717, 1.165) is 20.1 Å². The minimum absolute atomic E-state index is 0.208. The van der Waals surface area contributed by atoms with Crippen molar-refractivity contribution in [2.24, 2.45) is 5.10 Å². The lowest BCUT2D eigenvalue weighted by molar-refractivity contribution is -0.118. The van der Waals surface area contributed by atoms with E-state index in [4.69, 9.17) is 0 Å². The van der Waals surface area contributed by atoms with Gasteiger partial charge in [-0.05, 0) is 36.8 Å². The second-order valence-electron chi connectivity index (χ2n) is 4.98. The van der Waals surface area contributed by atoms with Gasteiger partial charge >= 0.3 is 0 Å². The van der Waals surface area contributed by atoms with Crippen molar-refractivity contribution >= 4 is 44.9 Å². The first-order valence-electron chi connectivity index (χ1n) is 7.19. The Morgan fingerprint density at radius 2 is 2.00 bits per heavy atom. The van der Waals surface area contributed by atoms with Gasteiger partial charge in [-0.2, -0.15) is 5.10 Å². The van der Waals surface area contributed by atoms with Crippen molar-refractivity contribution in [2.45, 2.75) is 11.3 Å². The Morgan fingerprint density at radius 1 is 1.25 bits per heavy atom. The molecule has 0 fully saturated rings. The number of fused-ring (bicyclic) bond motifs is 1. The van der Waals surface area contributed by atoms with Gasteiger partial charge in [0.1, 0.15) is 5.82 Å². The molecule has 1 amide bonds. The highest BCUT2D eigenvalue weighted by Gasteiger charge is 2.07.